The molecule has 34 heavy (non-hydrogen) atoms. The van der Waals surface area contributed by atoms with E-state index >= 15 is 0 Å². The molecule has 8 heteroatoms. The molecule has 0 bridgehead atoms. The van der Waals surface area contributed by atoms with Crippen LogP contribution in [0.4, 0.5) is 5.69 Å². The molecule has 186 valence electrons. The number of sulfonamides is 1. The summed E-state index contributed by atoms with van der Waals surface area (Å²) in [4.78, 5) is 27.9. The molecule has 0 aliphatic heterocycles. The average Bonchev–Trinajstić information content (AvgIpc) is 2.74. The van der Waals surface area contributed by atoms with E-state index in [4.69, 9.17) is 0 Å². The summed E-state index contributed by atoms with van der Waals surface area (Å²) in [6.07, 6.45) is 1.09. The van der Waals surface area contributed by atoms with Crippen LogP contribution < -0.4 is 9.62 Å². The fourth-order valence-electron chi connectivity index (χ4n) is 3.79. The van der Waals surface area contributed by atoms with E-state index in [0.29, 0.717) is 5.69 Å². The Balaban J connectivity index is 2.46. The van der Waals surface area contributed by atoms with E-state index in [1.54, 1.807) is 19.1 Å². The minimum atomic E-state index is -3.76. The molecule has 0 spiro atoms. The monoisotopic (exact) mass is 487 g/mol. The molecular weight excluding hydrogens is 450 g/mol. The fourth-order valence-corrected chi connectivity index (χ4v) is 4.66. The molecule has 0 radical (unpaired) electrons. The predicted octanol–water partition coefficient (Wildman–Crippen LogP) is 3.83. The van der Waals surface area contributed by atoms with E-state index in [0.717, 1.165) is 27.3 Å². The predicted molar refractivity (Wildman–Crippen MR) is 137 cm³/mol. The van der Waals surface area contributed by atoms with Gasteiger partial charge in [0, 0.05) is 12.6 Å². The maximum Gasteiger partial charge on any atom is 0.244 e. The topological polar surface area (TPSA) is 86.8 Å². The Kier molecular flexibility index (Phi) is 9.27. The number of rotatable bonds is 10. The molecule has 1 unspecified atom stereocenters. The Hall–Kier alpha value is -2.87. The van der Waals surface area contributed by atoms with Gasteiger partial charge in [0.2, 0.25) is 21.8 Å². The molecule has 0 aromatic heterocycles. The van der Waals surface area contributed by atoms with E-state index in [1.807, 2.05) is 71.0 Å². The maximum absolute atomic E-state index is 13.6. The molecule has 0 saturated carbocycles. The van der Waals surface area contributed by atoms with Crippen LogP contribution in [-0.2, 0) is 26.2 Å². The Bertz CT molecular complexity index is 1110. The van der Waals surface area contributed by atoms with Crippen molar-refractivity contribution in [2.45, 2.75) is 66.1 Å². The molecule has 0 saturated heterocycles. The summed E-state index contributed by atoms with van der Waals surface area (Å²) in [5.74, 6) is -0.670. The fraction of sp³-hybridized carbons (Fsp3) is 0.462. The highest BCUT2D eigenvalue weighted by Gasteiger charge is 2.31. The van der Waals surface area contributed by atoms with Crippen LogP contribution in [-0.4, -0.2) is 50.0 Å². The maximum atomic E-state index is 13.6. The first-order chi connectivity index (χ1) is 15.8. The number of amides is 2. The Morgan fingerprint density at radius 1 is 0.971 bits per heavy atom. The number of hydrogen-bond acceptors (Lipinski definition) is 4. The van der Waals surface area contributed by atoms with Gasteiger partial charge in [-0.25, -0.2) is 8.42 Å². The van der Waals surface area contributed by atoms with Gasteiger partial charge < -0.3 is 10.2 Å². The second kappa shape index (κ2) is 11.5. The molecule has 0 fully saturated rings. The minimum Gasteiger partial charge on any atom is -0.352 e. The molecule has 0 aliphatic rings. The third-order valence-electron chi connectivity index (χ3n) is 5.54. The van der Waals surface area contributed by atoms with Crippen molar-refractivity contribution in [2.75, 3.05) is 17.1 Å². The Morgan fingerprint density at radius 3 is 2.18 bits per heavy atom. The first kappa shape index (κ1) is 27.4. The van der Waals surface area contributed by atoms with Gasteiger partial charge in [-0.15, -0.1) is 0 Å². The summed E-state index contributed by atoms with van der Waals surface area (Å²) in [6, 6.07) is 14.0. The second-order valence-electron chi connectivity index (χ2n) is 9.33. The van der Waals surface area contributed by atoms with E-state index in [9.17, 15) is 18.0 Å². The smallest absolute Gasteiger partial charge is 0.244 e. The lowest BCUT2D eigenvalue weighted by atomic mass is 10.0. The molecule has 0 aliphatic carbocycles. The first-order valence-electron chi connectivity index (χ1n) is 11.5. The SMILES string of the molecule is Cc1cccc(CN(C(=O)CN(c2ccccc2C(C)C)S(C)(=O)=O)C(C)C(=O)NC(C)C)c1. The Morgan fingerprint density at radius 2 is 1.62 bits per heavy atom. The minimum absolute atomic E-state index is 0.0645. The van der Waals surface area contributed by atoms with E-state index in [1.165, 1.54) is 4.90 Å². The van der Waals surface area contributed by atoms with Gasteiger partial charge in [0.05, 0.1) is 11.9 Å². The van der Waals surface area contributed by atoms with Gasteiger partial charge in [-0.05, 0) is 50.8 Å². The number of anilines is 1. The van der Waals surface area contributed by atoms with Crippen molar-refractivity contribution < 1.29 is 18.0 Å². The Labute approximate surface area is 204 Å². The molecule has 1 atom stereocenters. The zero-order valence-electron chi connectivity index (χ0n) is 21.2. The molecular formula is C26H37N3O4S. The van der Waals surface area contributed by atoms with E-state index < -0.39 is 28.5 Å². The molecule has 0 heterocycles. The quantitative estimate of drug-likeness (QED) is 0.552. The zero-order chi connectivity index (χ0) is 25.6. The van der Waals surface area contributed by atoms with Gasteiger partial charge >= 0.3 is 0 Å². The number of nitrogens with zero attached hydrogens (tertiary/aromatic N) is 2. The summed E-state index contributed by atoms with van der Waals surface area (Å²) < 4.78 is 26.7. The van der Waals surface area contributed by atoms with Gasteiger partial charge in [0.15, 0.2) is 0 Å². The van der Waals surface area contributed by atoms with Gasteiger partial charge in [-0.3, -0.25) is 13.9 Å². The van der Waals surface area contributed by atoms with Crippen LogP contribution >= 0.6 is 0 Å². The van der Waals surface area contributed by atoms with E-state index in [2.05, 4.69) is 5.32 Å². The normalized spacial score (nSPS) is 12.5. The molecule has 2 aromatic rings. The zero-order valence-corrected chi connectivity index (χ0v) is 22.0. The summed E-state index contributed by atoms with van der Waals surface area (Å²) in [5, 5.41) is 2.85. The van der Waals surface area contributed by atoms with Gasteiger partial charge in [-0.1, -0.05) is 61.9 Å². The van der Waals surface area contributed by atoms with Gasteiger partial charge in [-0.2, -0.15) is 0 Å². The van der Waals surface area contributed by atoms with Crippen molar-refractivity contribution in [3.05, 3.63) is 65.2 Å². The lowest BCUT2D eigenvalue weighted by molar-refractivity contribution is -0.139. The van der Waals surface area contributed by atoms with Crippen molar-refractivity contribution in [3.8, 4) is 0 Å². The van der Waals surface area contributed by atoms with Gasteiger partial charge in [0.1, 0.15) is 12.6 Å². The highest BCUT2D eigenvalue weighted by Crippen LogP contribution is 2.29. The van der Waals surface area contributed by atoms with Crippen molar-refractivity contribution >= 4 is 27.5 Å². The van der Waals surface area contributed by atoms with Gasteiger partial charge in [0.25, 0.3) is 0 Å². The number of nitrogens with one attached hydrogen (secondary N) is 1. The molecule has 2 rings (SSSR count). The van der Waals surface area contributed by atoms with Crippen molar-refractivity contribution in [1.82, 2.24) is 10.2 Å². The summed E-state index contributed by atoms with van der Waals surface area (Å²) in [6.45, 7) is 11.1. The summed E-state index contributed by atoms with van der Waals surface area (Å²) in [7, 11) is -3.76. The van der Waals surface area contributed by atoms with Crippen LogP contribution in [0, 0.1) is 6.92 Å². The highest BCUT2D eigenvalue weighted by atomic mass is 32.2. The lowest BCUT2D eigenvalue weighted by Crippen LogP contribution is -2.52. The molecule has 2 aromatic carbocycles. The summed E-state index contributed by atoms with van der Waals surface area (Å²) in [5.41, 5.74) is 3.21. The molecule has 1 N–H and O–H groups in total. The molecule has 2 amide bonds. The lowest BCUT2D eigenvalue weighted by Gasteiger charge is -2.32. The van der Waals surface area contributed by atoms with Crippen molar-refractivity contribution in [3.63, 3.8) is 0 Å². The second-order valence-corrected chi connectivity index (χ2v) is 11.2. The number of carbonyl (C=O) groups excluding carboxylic acids is 2. The summed E-state index contributed by atoms with van der Waals surface area (Å²) >= 11 is 0. The number of hydrogen-bond donors (Lipinski definition) is 1. The largest absolute Gasteiger partial charge is 0.352 e. The van der Waals surface area contributed by atoms with Crippen LogP contribution in [0.3, 0.4) is 0 Å². The third kappa shape index (κ3) is 7.32. The number of carbonyl (C=O) groups is 2. The number of aryl methyl sites for hydroxylation is 1. The first-order valence-corrected chi connectivity index (χ1v) is 13.4. The number of para-hydroxylation sites is 1. The van der Waals surface area contributed by atoms with Crippen LogP contribution in [0.25, 0.3) is 0 Å². The van der Waals surface area contributed by atoms with E-state index in [-0.39, 0.29) is 24.4 Å². The molecule has 7 nitrogen and oxygen atoms in total. The van der Waals surface area contributed by atoms with Crippen LogP contribution in [0.2, 0.25) is 0 Å². The average molecular weight is 488 g/mol. The van der Waals surface area contributed by atoms with Crippen LogP contribution in [0.1, 0.15) is 57.2 Å². The highest BCUT2D eigenvalue weighted by molar-refractivity contribution is 7.92. The van der Waals surface area contributed by atoms with Crippen LogP contribution in [0.15, 0.2) is 48.5 Å². The van der Waals surface area contributed by atoms with Crippen molar-refractivity contribution in [2.24, 2.45) is 0 Å². The third-order valence-corrected chi connectivity index (χ3v) is 6.67. The van der Waals surface area contributed by atoms with Crippen molar-refractivity contribution in [1.29, 1.82) is 0 Å². The number of benzene rings is 2. The van der Waals surface area contributed by atoms with Crippen LogP contribution in [0.5, 0.6) is 0 Å². The standard InChI is InChI=1S/C26H37N3O4S/c1-18(2)23-13-8-9-14-24(23)29(34(7,32)33)17-25(30)28(21(6)26(31)27-19(3)4)16-22-12-10-11-20(5)15-22/h8-15,18-19,21H,16-17H2,1-7H3,(H,27,31).